The molecule has 0 fully saturated rings. The van der Waals surface area contributed by atoms with Crippen molar-refractivity contribution in [2.24, 2.45) is 5.10 Å². The minimum absolute atomic E-state index is 0.0615. The fraction of sp³-hybridized carbons (Fsp3) is 0.167. The highest BCUT2D eigenvalue weighted by molar-refractivity contribution is 6.01. The van der Waals surface area contributed by atoms with E-state index >= 15 is 0 Å². The van der Waals surface area contributed by atoms with Crippen LogP contribution in [-0.4, -0.2) is 15.7 Å². The summed E-state index contributed by atoms with van der Waals surface area (Å²) in [5.41, 5.74) is 7.10. The number of aryl methyl sites for hydroxylation is 1. The average molecular weight is 322 g/mol. The van der Waals surface area contributed by atoms with Crippen LogP contribution in [0.2, 0.25) is 0 Å². The monoisotopic (exact) mass is 322 g/mol. The van der Waals surface area contributed by atoms with Crippen LogP contribution in [0.4, 0.5) is 11.4 Å². The Labute approximate surface area is 139 Å². The van der Waals surface area contributed by atoms with E-state index in [2.05, 4.69) is 41.1 Å². The Kier molecular flexibility index (Phi) is 4.29. The quantitative estimate of drug-likeness (QED) is 0.432. The zero-order valence-electron chi connectivity index (χ0n) is 13.6. The first kappa shape index (κ1) is 15.7. The average Bonchev–Trinajstić information content (AvgIpc) is 2.87. The molecule has 1 aromatic heterocycles. The Morgan fingerprint density at radius 2 is 1.92 bits per heavy atom. The Hall–Kier alpha value is -3.15. The molecule has 0 aliphatic carbocycles. The minimum Gasteiger partial charge on any atom is -0.344 e. The summed E-state index contributed by atoms with van der Waals surface area (Å²) < 4.78 is 2.25. The number of anilines is 1. The van der Waals surface area contributed by atoms with E-state index < -0.39 is 4.92 Å². The van der Waals surface area contributed by atoms with Crippen molar-refractivity contribution < 1.29 is 4.92 Å². The second-order valence-corrected chi connectivity index (χ2v) is 5.43. The topological polar surface area (TPSA) is 72.5 Å². The van der Waals surface area contributed by atoms with Gasteiger partial charge in [0, 0.05) is 40.8 Å². The molecular weight excluding hydrogens is 304 g/mol. The van der Waals surface area contributed by atoms with Crippen molar-refractivity contribution in [3.63, 3.8) is 0 Å². The fourth-order valence-corrected chi connectivity index (χ4v) is 2.86. The smallest absolute Gasteiger partial charge is 0.269 e. The second-order valence-electron chi connectivity index (χ2n) is 5.43. The van der Waals surface area contributed by atoms with Crippen molar-refractivity contribution in [2.75, 3.05) is 5.43 Å². The lowest BCUT2D eigenvalue weighted by atomic mass is 10.1. The van der Waals surface area contributed by atoms with Gasteiger partial charge in [0.15, 0.2) is 0 Å². The molecule has 1 heterocycles. The number of para-hydroxylation sites is 1. The maximum atomic E-state index is 10.7. The summed E-state index contributed by atoms with van der Waals surface area (Å²) >= 11 is 0. The van der Waals surface area contributed by atoms with Crippen LogP contribution in [-0.2, 0) is 6.54 Å². The third-order valence-electron chi connectivity index (χ3n) is 4.06. The summed E-state index contributed by atoms with van der Waals surface area (Å²) in [6, 6.07) is 14.4. The van der Waals surface area contributed by atoms with Crippen molar-refractivity contribution in [1.29, 1.82) is 0 Å². The number of fused-ring (bicyclic) bond motifs is 1. The predicted molar refractivity (Wildman–Crippen MR) is 96.7 cm³/mol. The molecule has 0 atom stereocenters. The zero-order valence-corrected chi connectivity index (χ0v) is 13.6. The van der Waals surface area contributed by atoms with E-state index in [1.165, 1.54) is 17.6 Å². The number of nitro groups is 1. The molecule has 3 rings (SSSR count). The normalized spacial score (nSPS) is 11.2. The summed E-state index contributed by atoms with van der Waals surface area (Å²) in [6.07, 6.45) is 1.80. The number of benzene rings is 2. The highest BCUT2D eigenvalue weighted by Gasteiger charge is 2.10. The number of nitrogens with zero attached hydrogens (tertiary/aromatic N) is 3. The van der Waals surface area contributed by atoms with Crippen molar-refractivity contribution in [3.8, 4) is 0 Å². The van der Waals surface area contributed by atoms with Crippen LogP contribution in [0.1, 0.15) is 18.2 Å². The van der Waals surface area contributed by atoms with Crippen molar-refractivity contribution in [1.82, 2.24) is 4.57 Å². The third-order valence-corrected chi connectivity index (χ3v) is 4.06. The van der Waals surface area contributed by atoms with Gasteiger partial charge in [-0.2, -0.15) is 5.10 Å². The van der Waals surface area contributed by atoms with E-state index in [0.29, 0.717) is 5.69 Å². The first-order chi connectivity index (χ1) is 11.6. The first-order valence-corrected chi connectivity index (χ1v) is 7.73. The zero-order chi connectivity index (χ0) is 17.1. The lowest BCUT2D eigenvalue weighted by Crippen LogP contribution is -1.97. The molecule has 6 nitrogen and oxygen atoms in total. The molecule has 0 aliphatic rings. The molecule has 122 valence electrons. The van der Waals surface area contributed by atoms with Gasteiger partial charge in [-0.25, -0.2) is 0 Å². The number of nitro benzene ring substituents is 1. The first-order valence-electron chi connectivity index (χ1n) is 7.73. The van der Waals surface area contributed by atoms with Crippen LogP contribution in [0, 0.1) is 17.0 Å². The van der Waals surface area contributed by atoms with Crippen LogP contribution in [0.3, 0.4) is 0 Å². The van der Waals surface area contributed by atoms with Gasteiger partial charge in [0.05, 0.1) is 16.8 Å². The Morgan fingerprint density at radius 1 is 1.21 bits per heavy atom. The molecule has 0 aliphatic heterocycles. The maximum absolute atomic E-state index is 10.7. The van der Waals surface area contributed by atoms with Gasteiger partial charge in [-0.1, -0.05) is 18.2 Å². The number of nitrogens with one attached hydrogen (secondary N) is 1. The fourth-order valence-electron chi connectivity index (χ4n) is 2.86. The molecule has 0 unspecified atom stereocenters. The van der Waals surface area contributed by atoms with Crippen molar-refractivity contribution in [3.05, 3.63) is 69.9 Å². The predicted octanol–water partition coefficient (Wildman–Crippen LogP) is 4.32. The minimum atomic E-state index is -0.421. The van der Waals surface area contributed by atoms with Gasteiger partial charge in [-0.15, -0.1) is 0 Å². The molecule has 3 aromatic rings. The van der Waals surface area contributed by atoms with E-state index in [1.54, 1.807) is 18.3 Å². The second kappa shape index (κ2) is 6.54. The van der Waals surface area contributed by atoms with Crippen LogP contribution in [0.5, 0.6) is 0 Å². The van der Waals surface area contributed by atoms with Gasteiger partial charge in [0.1, 0.15) is 0 Å². The van der Waals surface area contributed by atoms with Gasteiger partial charge < -0.3 is 4.57 Å². The van der Waals surface area contributed by atoms with Gasteiger partial charge in [-0.3, -0.25) is 15.5 Å². The number of rotatable bonds is 5. The summed E-state index contributed by atoms with van der Waals surface area (Å²) in [5, 5.41) is 16.1. The molecule has 6 heteroatoms. The standard InChI is InChI=1S/C18H18N4O2/c1-3-21-13(2)17(16-6-4-5-7-18(16)21)12-19-20-14-8-10-15(11-9-14)22(23)24/h4-12,20H,3H2,1-2H3. The highest BCUT2D eigenvalue weighted by Crippen LogP contribution is 2.24. The molecule has 0 bridgehead atoms. The van der Waals surface area contributed by atoms with E-state index in [9.17, 15) is 10.1 Å². The van der Waals surface area contributed by atoms with E-state index in [0.717, 1.165) is 23.2 Å². The molecule has 0 saturated carbocycles. The number of hydrazone groups is 1. The van der Waals surface area contributed by atoms with E-state index in [1.807, 2.05) is 12.1 Å². The Bertz CT molecular complexity index is 911. The summed E-state index contributed by atoms with van der Waals surface area (Å²) in [7, 11) is 0. The maximum Gasteiger partial charge on any atom is 0.269 e. The lowest BCUT2D eigenvalue weighted by Gasteiger charge is -2.03. The van der Waals surface area contributed by atoms with Gasteiger partial charge in [-0.05, 0) is 32.0 Å². The third kappa shape index (κ3) is 2.86. The summed E-state index contributed by atoms with van der Waals surface area (Å²) in [6.45, 7) is 5.10. The number of hydrogen-bond acceptors (Lipinski definition) is 4. The molecule has 1 N–H and O–H groups in total. The van der Waals surface area contributed by atoms with Crippen LogP contribution < -0.4 is 5.43 Å². The highest BCUT2D eigenvalue weighted by atomic mass is 16.6. The number of aromatic nitrogens is 1. The van der Waals surface area contributed by atoms with Crippen molar-refractivity contribution >= 4 is 28.5 Å². The molecule has 0 radical (unpaired) electrons. The van der Waals surface area contributed by atoms with E-state index in [-0.39, 0.29) is 5.69 Å². The summed E-state index contributed by atoms with van der Waals surface area (Å²) in [4.78, 5) is 10.2. The SMILES string of the molecule is CCn1c(C)c(C=NNc2ccc([N+](=O)[O-])cc2)c2ccccc21. The van der Waals surface area contributed by atoms with Gasteiger partial charge >= 0.3 is 0 Å². The molecule has 0 saturated heterocycles. The summed E-state index contributed by atoms with van der Waals surface area (Å²) in [5.74, 6) is 0. The van der Waals surface area contributed by atoms with Crippen molar-refractivity contribution in [2.45, 2.75) is 20.4 Å². The molecule has 24 heavy (non-hydrogen) atoms. The Morgan fingerprint density at radius 3 is 2.58 bits per heavy atom. The Balaban J connectivity index is 1.86. The molecular formula is C18H18N4O2. The molecule has 0 spiro atoms. The number of hydrogen-bond donors (Lipinski definition) is 1. The van der Waals surface area contributed by atoms with Crippen LogP contribution in [0.25, 0.3) is 10.9 Å². The lowest BCUT2D eigenvalue weighted by molar-refractivity contribution is -0.384. The largest absolute Gasteiger partial charge is 0.344 e. The molecule has 0 amide bonds. The van der Waals surface area contributed by atoms with Crippen LogP contribution >= 0.6 is 0 Å². The van der Waals surface area contributed by atoms with Crippen LogP contribution in [0.15, 0.2) is 53.6 Å². The number of non-ortho nitro benzene ring substituents is 1. The van der Waals surface area contributed by atoms with Gasteiger partial charge in [0.2, 0.25) is 0 Å². The van der Waals surface area contributed by atoms with Gasteiger partial charge in [0.25, 0.3) is 5.69 Å². The molecule has 2 aromatic carbocycles. The van der Waals surface area contributed by atoms with E-state index in [4.69, 9.17) is 0 Å².